The van der Waals surface area contributed by atoms with Crippen LogP contribution in [0.2, 0.25) is 0 Å². The van der Waals surface area contributed by atoms with Crippen LogP contribution in [0.1, 0.15) is 36.1 Å². The molecule has 5 rings (SSSR count). The average Bonchev–Trinajstić information content (AvgIpc) is 3.26. The van der Waals surface area contributed by atoms with Crippen LogP contribution in [0.4, 0.5) is 0 Å². The monoisotopic (exact) mass is 484 g/mol. The van der Waals surface area contributed by atoms with E-state index in [2.05, 4.69) is 0 Å². The summed E-state index contributed by atoms with van der Waals surface area (Å²) in [5.41, 5.74) is 1.63. The second-order valence-corrected chi connectivity index (χ2v) is 10.0. The van der Waals surface area contributed by atoms with Crippen LogP contribution in [0.25, 0.3) is 0 Å². The van der Waals surface area contributed by atoms with Gasteiger partial charge in [-0.15, -0.1) is 11.6 Å². The standard InChI is InChI=1S/C31H29ClO3/c1-29(2)34-27(30(32,23-15-7-3-8-16-23)24-17-9-4-10-18-24)28(35-29)31(33,25-19-11-5-12-20-25)26-21-13-6-14-22-26/h3-22,27-28,33H,1-2H3. The third-order valence-corrected chi connectivity index (χ3v) is 7.37. The molecule has 4 heteroatoms. The van der Waals surface area contributed by atoms with Crippen LogP contribution >= 0.6 is 11.6 Å². The van der Waals surface area contributed by atoms with Gasteiger partial charge in [-0.2, -0.15) is 0 Å². The second kappa shape index (κ2) is 9.25. The van der Waals surface area contributed by atoms with E-state index in [0.29, 0.717) is 11.1 Å². The zero-order valence-corrected chi connectivity index (χ0v) is 20.6. The Morgan fingerprint density at radius 2 is 0.886 bits per heavy atom. The first kappa shape index (κ1) is 23.8. The number of halogens is 1. The molecule has 1 heterocycles. The van der Waals surface area contributed by atoms with Crippen molar-refractivity contribution in [3.8, 4) is 0 Å². The number of ether oxygens (including phenoxy) is 2. The van der Waals surface area contributed by atoms with Crippen LogP contribution in [0.5, 0.6) is 0 Å². The number of rotatable bonds is 6. The van der Waals surface area contributed by atoms with E-state index in [-0.39, 0.29) is 0 Å². The Balaban J connectivity index is 1.76. The Kier molecular flexibility index (Phi) is 6.29. The number of benzene rings is 4. The Morgan fingerprint density at radius 3 is 1.26 bits per heavy atom. The van der Waals surface area contributed by atoms with Gasteiger partial charge in [0.2, 0.25) is 0 Å². The first-order valence-electron chi connectivity index (χ1n) is 11.8. The third kappa shape index (κ3) is 4.19. The lowest BCUT2D eigenvalue weighted by molar-refractivity contribution is -0.166. The molecule has 1 saturated heterocycles. The first-order chi connectivity index (χ1) is 16.9. The van der Waals surface area contributed by atoms with E-state index in [1.165, 1.54) is 0 Å². The van der Waals surface area contributed by atoms with Gasteiger partial charge < -0.3 is 14.6 Å². The van der Waals surface area contributed by atoms with Crippen LogP contribution in [0.3, 0.4) is 0 Å². The number of hydrogen-bond donors (Lipinski definition) is 1. The Hall–Kier alpha value is -2.95. The summed E-state index contributed by atoms with van der Waals surface area (Å²) < 4.78 is 13.2. The summed E-state index contributed by atoms with van der Waals surface area (Å²) in [6, 6.07) is 39.0. The molecule has 178 valence electrons. The van der Waals surface area contributed by atoms with Crippen molar-refractivity contribution in [2.75, 3.05) is 0 Å². The fourth-order valence-electron chi connectivity index (χ4n) is 5.09. The summed E-state index contributed by atoms with van der Waals surface area (Å²) in [5, 5.41) is 12.6. The van der Waals surface area contributed by atoms with E-state index >= 15 is 0 Å². The highest BCUT2D eigenvalue weighted by Crippen LogP contribution is 2.52. The molecular weight excluding hydrogens is 456 g/mol. The van der Waals surface area contributed by atoms with Crippen LogP contribution in [0, 0.1) is 0 Å². The Bertz CT molecular complexity index is 1070. The van der Waals surface area contributed by atoms with E-state index in [1.807, 2.05) is 135 Å². The quantitative estimate of drug-likeness (QED) is 0.312. The molecule has 0 bridgehead atoms. The van der Waals surface area contributed by atoms with E-state index in [9.17, 15) is 5.11 Å². The molecule has 0 saturated carbocycles. The van der Waals surface area contributed by atoms with Gasteiger partial charge in [0, 0.05) is 0 Å². The zero-order chi connectivity index (χ0) is 24.5. The average molecular weight is 485 g/mol. The van der Waals surface area contributed by atoms with Crippen molar-refractivity contribution in [2.45, 2.75) is 42.3 Å². The Morgan fingerprint density at radius 1 is 0.571 bits per heavy atom. The summed E-state index contributed by atoms with van der Waals surface area (Å²) in [6.07, 6.45) is -1.55. The molecule has 0 aromatic heterocycles. The van der Waals surface area contributed by atoms with Crippen molar-refractivity contribution >= 4 is 11.6 Å². The van der Waals surface area contributed by atoms with Gasteiger partial charge in [-0.1, -0.05) is 121 Å². The topological polar surface area (TPSA) is 38.7 Å². The molecule has 4 aromatic carbocycles. The highest BCUT2D eigenvalue weighted by molar-refractivity contribution is 6.26. The van der Waals surface area contributed by atoms with E-state index in [4.69, 9.17) is 21.1 Å². The van der Waals surface area contributed by atoms with E-state index in [0.717, 1.165) is 11.1 Å². The van der Waals surface area contributed by atoms with Crippen molar-refractivity contribution in [3.63, 3.8) is 0 Å². The lowest BCUT2D eigenvalue weighted by Gasteiger charge is -2.42. The molecule has 2 atom stereocenters. The molecule has 1 N–H and O–H groups in total. The molecule has 1 aliphatic rings. The molecule has 0 amide bonds. The van der Waals surface area contributed by atoms with Crippen molar-refractivity contribution in [1.82, 2.24) is 0 Å². The summed E-state index contributed by atoms with van der Waals surface area (Å²) in [4.78, 5) is -1.13. The predicted molar refractivity (Wildman–Crippen MR) is 139 cm³/mol. The van der Waals surface area contributed by atoms with Crippen LogP contribution in [-0.4, -0.2) is 23.1 Å². The molecular formula is C31H29ClO3. The maximum absolute atomic E-state index is 12.6. The number of alkyl halides is 1. The molecule has 1 aliphatic heterocycles. The first-order valence-corrected chi connectivity index (χ1v) is 12.2. The van der Waals surface area contributed by atoms with Crippen LogP contribution in [-0.2, 0) is 19.9 Å². The molecule has 0 spiro atoms. The SMILES string of the molecule is CC1(C)OC(C(O)(c2ccccc2)c2ccccc2)C(C(Cl)(c2ccccc2)c2ccccc2)O1. The molecule has 2 unspecified atom stereocenters. The van der Waals surface area contributed by atoms with Crippen LogP contribution < -0.4 is 0 Å². The van der Waals surface area contributed by atoms with Gasteiger partial charge in [-0.3, -0.25) is 0 Å². The minimum atomic E-state index is -1.52. The number of aliphatic hydroxyl groups is 1. The van der Waals surface area contributed by atoms with E-state index < -0.39 is 28.5 Å². The van der Waals surface area contributed by atoms with Gasteiger partial charge in [0.15, 0.2) is 5.79 Å². The zero-order valence-electron chi connectivity index (χ0n) is 19.8. The second-order valence-electron chi connectivity index (χ2n) is 9.42. The maximum atomic E-state index is 12.6. The van der Waals surface area contributed by atoms with Crippen molar-refractivity contribution in [2.24, 2.45) is 0 Å². The molecule has 0 aliphatic carbocycles. The van der Waals surface area contributed by atoms with Crippen LogP contribution in [0.15, 0.2) is 121 Å². The van der Waals surface area contributed by atoms with Crippen molar-refractivity contribution in [3.05, 3.63) is 144 Å². The summed E-state index contributed by atoms with van der Waals surface area (Å²) in [7, 11) is 0. The van der Waals surface area contributed by atoms with E-state index in [1.54, 1.807) is 0 Å². The highest BCUT2D eigenvalue weighted by atomic mass is 35.5. The van der Waals surface area contributed by atoms with Gasteiger partial charge >= 0.3 is 0 Å². The minimum Gasteiger partial charge on any atom is -0.378 e. The van der Waals surface area contributed by atoms with Crippen molar-refractivity contribution in [1.29, 1.82) is 0 Å². The fraction of sp³-hybridized carbons (Fsp3) is 0.226. The molecule has 3 nitrogen and oxygen atoms in total. The van der Waals surface area contributed by atoms with Gasteiger partial charge in [0.25, 0.3) is 0 Å². The molecule has 1 fully saturated rings. The molecule has 0 radical (unpaired) electrons. The summed E-state index contributed by atoms with van der Waals surface area (Å²) >= 11 is 7.68. The maximum Gasteiger partial charge on any atom is 0.164 e. The predicted octanol–water partition coefficient (Wildman–Crippen LogP) is 6.63. The van der Waals surface area contributed by atoms with Gasteiger partial charge in [-0.05, 0) is 36.1 Å². The van der Waals surface area contributed by atoms with Gasteiger partial charge in [0.05, 0.1) is 0 Å². The molecule has 4 aromatic rings. The summed E-state index contributed by atoms with van der Waals surface area (Å²) in [5.74, 6) is -0.976. The summed E-state index contributed by atoms with van der Waals surface area (Å²) in [6.45, 7) is 3.73. The fourth-order valence-corrected chi connectivity index (χ4v) is 5.50. The largest absolute Gasteiger partial charge is 0.378 e. The van der Waals surface area contributed by atoms with Gasteiger partial charge in [-0.25, -0.2) is 0 Å². The van der Waals surface area contributed by atoms with Crippen molar-refractivity contribution < 1.29 is 14.6 Å². The Labute approximate surface area is 211 Å². The third-order valence-electron chi connectivity index (χ3n) is 6.72. The number of hydrogen-bond acceptors (Lipinski definition) is 3. The molecule has 35 heavy (non-hydrogen) atoms. The minimum absolute atomic E-state index is 0.711. The normalized spacial score (nSPS) is 20.0. The smallest absolute Gasteiger partial charge is 0.164 e. The highest BCUT2D eigenvalue weighted by Gasteiger charge is 2.61. The van der Waals surface area contributed by atoms with Gasteiger partial charge in [0.1, 0.15) is 22.7 Å². The lowest BCUT2D eigenvalue weighted by Crippen LogP contribution is -2.53. The lowest BCUT2D eigenvalue weighted by atomic mass is 9.74.